The molecule has 0 spiro atoms. The summed E-state index contributed by atoms with van der Waals surface area (Å²) in [6.45, 7) is 0. The van der Waals surface area contributed by atoms with Crippen molar-refractivity contribution in [2.75, 3.05) is 0 Å². The Kier molecular flexibility index (Phi) is 4.68. The topological polar surface area (TPSA) is 25.8 Å². The van der Waals surface area contributed by atoms with E-state index in [-0.39, 0.29) is 0 Å². The number of aromatic nitrogens is 2. The number of nitrogens with zero attached hydrogens (tertiary/aromatic N) is 2. The maximum atomic E-state index is 5.18. The third-order valence-corrected chi connectivity index (χ3v) is 7.61. The molecule has 2 nitrogen and oxygen atoms in total. The van der Waals surface area contributed by atoms with Gasteiger partial charge in [0.15, 0.2) is 0 Å². The molecule has 3 heteroatoms. The lowest BCUT2D eigenvalue weighted by molar-refractivity contribution is 1.29. The second kappa shape index (κ2) is 8.15. The molecule has 35 heavy (non-hydrogen) atoms. The monoisotopic (exact) mass is 464 g/mol. The lowest BCUT2D eigenvalue weighted by atomic mass is 9.98. The zero-order chi connectivity index (χ0) is 23.2. The SMILES string of the molecule is c1ccc(-c2nc3ccc(-c4cccc5sc6ccccc6c45)cc3nc2-c2ccccc2)cc1. The zero-order valence-corrected chi connectivity index (χ0v) is 19.7. The first-order chi connectivity index (χ1) is 17.3. The fraction of sp³-hybridized carbons (Fsp3) is 0. The Bertz CT molecular complexity index is 1840. The molecule has 0 saturated heterocycles. The first-order valence-electron chi connectivity index (χ1n) is 11.7. The van der Waals surface area contributed by atoms with E-state index in [4.69, 9.17) is 9.97 Å². The number of thiophene rings is 1. The van der Waals surface area contributed by atoms with E-state index in [0.717, 1.165) is 39.1 Å². The van der Waals surface area contributed by atoms with Gasteiger partial charge in [-0.05, 0) is 35.4 Å². The number of benzene rings is 5. The first-order valence-corrected chi connectivity index (χ1v) is 12.5. The van der Waals surface area contributed by atoms with Gasteiger partial charge >= 0.3 is 0 Å². The molecule has 0 radical (unpaired) electrons. The Morgan fingerprint density at radius 3 is 1.83 bits per heavy atom. The summed E-state index contributed by atoms with van der Waals surface area (Å²) in [5.41, 5.74) is 8.14. The van der Waals surface area contributed by atoms with Crippen molar-refractivity contribution in [2.24, 2.45) is 0 Å². The summed E-state index contributed by atoms with van der Waals surface area (Å²) in [6, 6.07) is 42.3. The van der Waals surface area contributed by atoms with Crippen molar-refractivity contribution in [3.05, 3.63) is 121 Å². The fourth-order valence-corrected chi connectivity index (χ4v) is 5.96. The highest BCUT2D eigenvalue weighted by Gasteiger charge is 2.15. The van der Waals surface area contributed by atoms with Crippen molar-refractivity contribution in [3.8, 4) is 33.6 Å². The number of fused-ring (bicyclic) bond motifs is 4. The van der Waals surface area contributed by atoms with Crippen LogP contribution in [-0.2, 0) is 0 Å². The lowest BCUT2D eigenvalue weighted by Gasteiger charge is -2.12. The van der Waals surface area contributed by atoms with Crippen LogP contribution in [0.25, 0.3) is 64.8 Å². The summed E-state index contributed by atoms with van der Waals surface area (Å²) >= 11 is 1.85. The predicted octanol–water partition coefficient (Wildman–Crippen LogP) is 9.00. The van der Waals surface area contributed by atoms with Crippen molar-refractivity contribution in [1.82, 2.24) is 9.97 Å². The van der Waals surface area contributed by atoms with Gasteiger partial charge in [0.1, 0.15) is 0 Å². The molecule has 0 saturated carbocycles. The Morgan fingerprint density at radius 2 is 1.09 bits per heavy atom. The summed E-state index contributed by atoms with van der Waals surface area (Å²) in [5, 5.41) is 2.61. The first kappa shape index (κ1) is 20.1. The third-order valence-electron chi connectivity index (χ3n) is 6.47. The minimum Gasteiger partial charge on any atom is -0.244 e. The molecule has 0 bridgehead atoms. The standard InChI is InChI=1S/C32H20N2S/c1-3-10-21(11-4-1)31-32(22-12-5-2-6-13-22)34-27-20-23(18-19-26(27)33-31)24-15-9-17-29-30(24)25-14-7-8-16-28(25)35-29/h1-20H. The second-order valence-electron chi connectivity index (χ2n) is 8.63. The Hall–Kier alpha value is -4.34. The van der Waals surface area contributed by atoms with E-state index in [0.29, 0.717) is 0 Å². The van der Waals surface area contributed by atoms with Crippen LogP contribution in [0.5, 0.6) is 0 Å². The smallest absolute Gasteiger partial charge is 0.0973 e. The van der Waals surface area contributed by atoms with Crippen LogP contribution in [-0.4, -0.2) is 9.97 Å². The van der Waals surface area contributed by atoms with Gasteiger partial charge in [-0.3, -0.25) is 0 Å². The molecule has 7 aromatic rings. The van der Waals surface area contributed by atoms with E-state index < -0.39 is 0 Å². The molecular weight excluding hydrogens is 444 g/mol. The highest BCUT2D eigenvalue weighted by atomic mass is 32.1. The summed E-state index contributed by atoms with van der Waals surface area (Å²) in [7, 11) is 0. The number of rotatable bonds is 3. The van der Waals surface area contributed by atoms with Crippen molar-refractivity contribution < 1.29 is 0 Å². The largest absolute Gasteiger partial charge is 0.244 e. The van der Waals surface area contributed by atoms with Crippen LogP contribution in [0.2, 0.25) is 0 Å². The molecule has 7 rings (SSSR count). The van der Waals surface area contributed by atoms with Gasteiger partial charge in [-0.25, -0.2) is 9.97 Å². The minimum atomic E-state index is 0.898. The van der Waals surface area contributed by atoms with Gasteiger partial charge < -0.3 is 0 Å². The lowest BCUT2D eigenvalue weighted by Crippen LogP contribution is -1.95. The molecule has 0 aliphatic rings. The van der Waals surface area contributed by atoms with Gasteiger partial charge in [-0.1, -0.05) is 97.1 Å². The molecule has 0 unspecified atom stereocenters. The summed E-state index contributed by atoms with van der Waals surface area (Å²) in [5.74, 6) is 0. The highest BCUT2D eigenvalue weighted by molar-refractivity contribution is 7.25. The van der Waals surface area contributed by atoms with Crippen LogP contribution in [0.3, 0.4) is 0 Å². The second-order valence-corrected chi connectivity index (χ2v) is 9.72. The van der Waals surface area contributed by atoms with Gasteiger partial charge in [0.05, 0.1) is 22.4 Å². The Balaban J connectivity index is 1.48. The molecule has 0 amide bonds. The summed E-state index contributed by atoms with van der Waals surface area (Å²) in [6.07, 6.45) is 0. The van der Waals surface area contributed by atoms with Crippen molar-refractivity contribution in [2.45, 2.75) is 0 Å². The van der Waals surface area contributed by atoms with Crippen LogP contribution in [0.4, 0.5) is 0 Å². The average molecular weight is 465 g/mol. The number of hydrogen-bond donors (Lipinski definition) is 0. The van der Waals surface area contributed by atoms with E-state index in [9.17, 15) is 0 Å². The maximum Gasteiger partial charge on any atom is 0.0973 e. The number of hydrogen-bond acceptors (Lipinski definition) is 3. The van der Waals surface area contributed by atoms with Crippen LogP contribution < -0.4 is 0 Å². The van der Waals surface area contributed by atoms with E-state index >= 15 is 0 Å². The van der Waals surface area contributed by atoms with Gasteiger partial charge in [0.25, 0.3) is 0 Å². The molecule has 2 heterocycles. The summed E-state index contributed by atoms with van der Waals surface area (Å²) in [4.78, 5) is 10.3. The van der Waals surface area contributed by atoms with Crippen molar-refractivity contribution in [3.63, 3.8) is 0 Å². The molecule has 2 aromatic heterocycles. The summed E-state index contributed by atoms with van der Waals surface area (Å²) < 4.78 is 2.62. The van der Waals surface area contributed by atoms with Gasteiger partial charge in [-0.15, -0.1) is 11.3 Å². The predicted molar refractivity (Wildman–Crippen MR) is 149 cm³/mol. The molecule has 5 aromatic carbocycles. The van der Waals surface area contributed by atoms with Crippen LogP contribution in [0, 0.1) is 0 Å². The van der Waals surface area contributed by atoms with Gasteiger partial charge in [-0.2, -0.15) is 0 Å². The molecule has 0 N–H and O–H groups in total. The molecule has 0 aliphatic carbocycles. The molecular formula is C32H20N2S. The molecule has 164 valence electrons. The Labute approximate surface area is 207 Å². The van der Waals surface area contributed by atoms with Crippen molar-refractivity contribution >= 4 is 42.5 Å². The van der Waals surface area contributed by atoms with E-state index in [1.54, 1.807) is 0 Å². The van der Waals surface area contributed by atoms with Crippen molar-refractivity contribution in [1.29, 1.82) is 0 Å². The van der Waals surface area contributed by atoms with Gasteiger partial charge in [0, 0.05) is 31.3 Å². The molecule has 0 atom stereocenters. The van der Waals surface area contributed by atoms with Crippen LogP contribution >= 0.6 is 11.3 Å². The van der Waals surface area contributed by atoms with Crippen LogP contribution in [0.15, 0.2) is 121 Å². The zero-order valence-electron chi connectivity index (χ0n) is 18.8. The quantitative estimate of drug-likeness (QED) is 0.261. The van der Waals surface area contributed by atoms with Gasteiger partial charge in [0.2, 0.25) is 0 Å². The Morgan fingerprint density at radius 1 is 0.457 bits per heavy atom. The molecule has 0 fully saturated rings. The maximum absolute atomic E-state index is 5.18. The average Bonchev–Trinajstić information content (AvgIpc) is 3.32. The van der Waals surface area contributed by atoms with E-state index in [1.807, 2.05) is 35.6 Å². The van der Waals surface area contributed by atoms with E-state index in [2.05, 4.69) is 97.1 Å². The highest BCUT2D eigenvalue weighted by Crippen LogP contribution is 2.40. The minimum absolute atomic E-state index is 0.898. The van der Waals surface area contributed by atoms with Crippen LogP contribution in [0.1, 0.15) is 0 Å². The third kappa shape index (κ3) is 3.40. The fourth-order valence-electron chi connectivity index (χ4n) is 4.83. The molecule has 0 aliphatic heterocycles. The normalized spacial score (nSPS) is 11.4. The van der Waals surface area contributed by atoms with E-state index in [1.165, 1.54) is 25.7 Å².